The standard InChI is InChI=1S/C16H15N3O/c1-11-3-2-4-13(7-11)16(20)19-10-14-6-5-12(9-17)8-15(14)18/h2-8H,10,18H2,1H3,(H,19,20). The minimum Gasteiger partial charge on any atom is -0.398 e. The highest BCUT2D eigenvalue weighted by Crippen LogP contribution is 2.14. The molecule has 0 saturated heterocycles. The van der Waals surface area contributed by atoms with Crippen molar-refractivity contribution in [3.63, 3.8) is 0 Å². The second kappa shape index (κ2) is 5.89. The summed E-state index contributed by atoms with van der Waals surface area (Å²) < 4.78 is 0. The molecule has 0 radical (unpaired) electrons. The first-order valence-electron chi connectivity index (χ1n) is 6.23. The molecule has 0 atom stereocenters. The van der Waals surface area contributed by atoms with Crippen molar-refractivity contribution in [2.45, 2.75) is 13.5 Å². The number of rotatable bonds is 3. The van der Waals surface area contributed by atoms with Crippen LogP contribution in [0.25, 0.3) is 0 Å². The third-order valence-corrected chi connectivity index (χ3v) is 2.99. The Balaban J connectivity index is 2.06. The van der Waals surface area contributed by atoms with Crippen LogP contribution >= 0.6 is 0 Å². The average molecular weight is 265 g/mol. The molecule has 0 aliphatic carbocycles. The Kier molecular flexibility index (Phi) is 4.02. The summed E-state index contributed by atoms with van der Waals surface area (Å²) in [7, 11) is 0. The van der Waals surface area contributed by atoms with Crippen molar-refractivity contribution in [1.82, 2.24) is 5.32 Å². The van der Waals surface area contributed by atoms with Crippen LogP contribution in [-0.2, 0) is 6.54 Å². The van der Waals surface area contributed by atoms with Crippen LogP contribution in [0.3, 0.4) is 0 Å². The van der Waals surface area contributed by atoms with E-state index in [1.807, 2.05) is 31.2 Å². The van der Waals surface area contributed by atoms with E-state index in [2.05, 4.69) is 5.32 Å². The molecule has 0 unspecified atom stereocenters. The normalized spacial score (nSPS) is 9.80. The van der Waals surface area contributed by atoms with Gasteiger partial charge in [-0.3, -0.25) is 4.79 Å². The maximum atomic E-state index is 12.0. The predicted molar refractivity (Wildman–Crippen MR) is 77.9 cm³/mol. The van der Waals surface area contributed by atoms with Gasteiger partial charge >= 0.3 is 0 Å². The summed E-state index contributed by atoms with van der Waals surface area (Å²) in [4.78, 5) is 12.0. The number of anilines is 1. The maximum Gasteiger partial charge on any atom is 0.251 e. The number of nitrogens with zero attached hydrogens (tertiary/aromatic N) is 1. The van der Waals surface area contributed by atoms with E-state index in [0.717, 1.165) is 11.1 Å². The molecule has 2 aromatic carbocycles. The van der Waals surface area contributed by atoms with Crippen LogP contribution in [0.2, 0.25) is 0 Å². The monoisotopic (exact) mass is 265 g/mol. The molecule has 0 saturated carbocycles. The van der Waals surface area contributed by atoms with Crippen molar-refractivity contribution in [3.05, 3.63) is 64.7 Å². The lowest BCUT2D eigenvalue weighted by Gasteiger charge is -2.08. The number of hydrogen-bond acceptors (Lipinski definition) is 3. The van der Waals surface area contributed by atoms with Gasteiger partial charge in [0, 0.05) is 17.8 Å². The fourth-order valence-electron chi connectivity index (χ4n) is 1.89. The summed E-state index contributed by atoms with van der Waals surface area (Å²) >= 11 is 0. The number of nitrogens with two attached hydrogens (primary N) is 1. The SMILES string of the molecule is Cc1cccc(C(=O)NCc2ccc(C#N)cc2N)c1. The molecule has 4 nitrogen and oxygen atoms in total. The van der Waals surface area contributed by atoms with E-state index in [-0.39, 0.29) is 5.91 Å². The first-order chi connectivity index (χ1) is 9.60. The van der Waals surface area contributed by atoms with Gasteiger partial charge in [-0.25, -0.2) is 0 Å². The van der Waals surface area contributed by atoms with Gasteiger partial charge in [-0.2, -0.15) is 5.26 Å². The van der Waals surface area contributed by atoms with Gasteiger partial charge in [0.25, 0.3) is 5.91 Å². The molecule has 0 bridgehead atoms. The van der Waals surface area contributed by atoms with Gasteiger partial charge in [0.1, 0.15) is 0 Å². The number of hydrogen-bond donors (Lipinski definition) is 2. The van der Waals surface area contributed by atoms with Crippen molar-refractivity contribution in [2.24, 2.45) is 0 Å². The second-order valence-corrected chi connectivity index (χ2v) is 4.58. The topological polar surface area (TPSA) is 78.9 Å². The summed E-state index contributed by atoms with van der Waals surface area (Å²) in [6.07, 6.45) is 0. The van der Waals surface area contributed by atoms with E-state index >= 15 is 0 Å². The Morgan fingerprint density at radius 2 is 2.10 bits per heavy atom. The summed E-state index contributed by atoms with van der Waals surface area (Å²) in [5.74, 6) is -0.141. The van der Waals surface area contributed by atoms with Gasteiger partial charge in [0.2, 0.25) is 0 Å². The van der Waals surface area contributed by atoms with E-state index in [4.69, 9.17) is 11.0 Å². The second-order valence-electron chi connectivity index (χ2n) is 4.58. The Labute approximate surface area is 117 Å². The Bertz CT molecular complexity index is 686. The molecule has 100 valence electrons. The highest BCUT2D eigenvalue weighted by atomic mass is 16.1. The van der Waals surface area contributed by atoms with Crippen molar-refractivity contribution in [3.8, 4) is 6.07 Å². The predicted octanol–water partition coefficient (Wildman–Crippen LogP) is 2.38. The van der Waals surface area contributed by atoms with Crippen LogP contribution in [0.15, 0.2) is 42.5 Å². The molecule has 2 rings (SSSR count). The zero-order valence-electron chi connectivity index (χ0n) is 11.2. The molecule has 1 amide bonds. The third-order valence-electron chi connectivity index (χ3n) is 2.99. The number of nitriles is 1. The quantitative estimate of drug-likeness (QED) is 0.836. The smallest absolute Gasteiger partial charge is 0.251 e. The highest BCUT2D eigenvalue weighted by Gasteiger charge is 2.07. The van der Waals surface area contributed by atoms with E-state index in [1.54, 1.807) is 24.3 Å². The van der Waals surface area contributed by atoms with Crippen LogP contribution in [0.4, 0.5) is 5.69 Å². The molecule has 4 heteroatoms. The lowest BCUT2D eigenvalue weighted by Crippen LogP contribution is -2.23. The number of carbonyl (C=O) groups is 1. The van der Waals surface area contributed by atoms with Crippen molar-refractivity contribution >= 4 is 11.6 Å². The van der Waals surface area contributed by atoms with E-state index < -0.39 is 0 Å². The molecular weight excluding hydrogens is 250 g/mol. The molecule has 2 aromatic rings. The van der Waals surface area contributed by atoms with Gasteiger partial charge in [0.15, 0.2) is 0 Å². The number of amides is 1. The lowest BCUT2D eigenvalue weighted by atomic mass is 10.1. The highest BCUT2D eigenvalue weighted by molar-refractivity contribution is 5.94. The number of nitrogen functional groups attached to an aromatic ring is 1. The summed E-state index contributed by atoms with van der Waals surface area (Å²) in [5, 5.41) is 11.6. The van der Waals surface area contributed by atoms with Crippen molar-refractivity contribution in [1.29, 1.82) is 5.26 Å². The van der Waals surface area contributed by atoms with Gasteiger partial charge in [-0.15, -0.1) is 0 Å². The molecule has 20 heavy (non-hydrogen) atoms. The van der Waals surface area contributed by atoms with Crippen molar-refractivity contribution in [2.75, 3.05) is 5.73 Å². The van der Waals surface area contributed by atoms with E-state index in [1.165, 1.54) is 0 Å². The van der Waals surface area contributed by atoms with Gasteiger partial charge < -0.3 is 11.1 Å². The Morgan fingerprint density at radius 3 is 2.75 bits per heavy atom. The molecule has 0 aliphatic rings. The van der Waals surface area contributed by atoms with Crippen LogP contribution in [-0.4, -0.2) is 5.91 Å². The van der Waals surface area contributed by atoms with Gasteiger partial charge in [-0.05, 0) is 36.8 Å². The Hall–Kier alpha value is -2.80. The fourth-order valence-corrected chi connectivity index (χ4v) is 1.89. The summed E-state index contributed by atoms with van der Waals surface area (Å²) in [6, 6.07) is 14.5. The van der Waals surface area contributed by atoms with E-state index in [0.29, 0.717) is 23.4 Å². The summed E-state index contributed by atoms with van der Waals surface area (Å²) in [5.41, 5.74) is 9.32. The molecule has 0 aromatic heterocycles. The molecule has 0 heterocycles. The number of carbonyl (C=O) groups excluding carboxylic acids is 1. The largest absolute Gasteiger partial charge is 0.398 e. The molecule has 0 aliphatic heterocycles. The maximum absolute atomic E-state index is 12.0. The number of aryl methyl sites for hydroxylation is 1. The first kappa shape index (κ1) is 13.6. The van der Waals surface area contributed by atoms with Crippen molar-refractivity contribution < 1.29 is 4.79 Å². The van der Waals surface area contributed by atoms with Gasteiger partial charge in [0.05, 0.1) is 11.6 Å². The Morgan fingerprint density at radius 1 is 1.30 bits per heavy atom. The van der Waals surface area contributed by atoms with Gasteiger partial charge in [-0.1, -0.05) is 23.8 Å². The molecule has 0 fully saturated rings. The minimum absolute atomic E-state index is 0.141. The molecular formula is C16H15N3O. The van der Waals surface area contributed by atoms with Crippen LogP contribution < -0.4 is 11.1 Å². The molecule has 0 spiro atoms. The zero-order chi connectivity index (χ0) is 14.5. The van der Waals surface area contributed by atoms with E-state index in [9.17, 15) is 4.79 Å². The third kappa shape index (κ3) is 3.15. The number of nitrogens with one attached hydrogen (secondary N) is 1. The average Bonchev–Trinajstić information content (AvgIpc) is 2.45. The zero-order valence-corrected chi connectivity index (χ0v) is 11.2. The van der Waals surface area contributed by atoms with Crippen LogP contribution in [0, 0.1) is 18.3 Å². The first-order valence-corrected chi connectivity index (χ1v) is 6.23. The summed E-state index contributed by atoms with van der Waals surface area (Å²) in [6.45, 7) is 2.28. The lowest BCUT2D eigenvalue weighted by molar-refractivity contribution is 0.0951. The fraction of sp³-hybridized carbons (Fsp3) is 0.125. The number of benzene rings is 2. The minimum atomic E-state index is -0.141. The van der Waals surface area contributed by atoms with Crippen LogP contribution in [0.1, 0.15) is 27.0 Å². The molecule has 3 N–H and O–H groups in total. The van der Waals surface area contributed by atoms with Crippen LogP contribution in [0.5, 0.6) is 0 Å².